The zero-order valence-corrected chi connectivity index (χ0v) is 11.1. The summed E-state index contributed by atoms with van der Waals surface area (Å²) in [5.41, 5.74) is 5.39. The Hall–Kier alpha value is -1.07. The topological polar surface area (TPSA) is 46.2 Å². The lowest BCUT2D eigenvalue weighted by atomic mass is 9.95. The molecule has 2 atom stereocenters. The minimum atomic E-state index is -4.39. The zero-order chi connectivity index (χ0) is 14.6. The number of aliphatic hydroxyl groups excluding tert-OH is 1. The molecule has 0 saturated carbocycles. The van der Waals surface area contributed by atoms with Gasteiger partial charge in [0.25, 0.3) is 0 Å². The standard InChI is InChI=1S/C14H20F3NO/c1-9(2)6-7-12(19)13(18)10-4-3-5-11(8-10)14(15,16)17/h3-5,8-9,12-13,19H,6-7,18H2,1-2H3/t12-,13+/m0/s1. The third-order valence-electron chi connectivity index (χ3n) is 3.05. The first-order valence-corrected chi connectivity index (χ1v) is 6.32. The number of hydrogen-bond acceptors (Lipinski definition) is 2. The second-order valence-electron chi connectivity index (χ2n) is 5.19. The van der Waals surface area contributed by atoms with E-state index in [1.54, 1.807) is 0 Å². The van der Waals surface area contributed by atoms with Gasteiger partial charge in [-0.1, -0.05) is 26.0 Å². The predicted molar refractivity (Wildman–Crippen MR) is 68.5 cm³/mol. The highest BCUT2D eigenvalue weighted by molar-refractivity contribution is 5.28. The molecule has 0 aromatic heterocycles. The summed E-state index contributed by atoms with van der Waals surface area (Å²) in [6, 6.07) is 4.03. The van der Waals surface area contributed by atoms with Crippen molar-refractivity contribution in [2.24, 2.45) is 11.7 Å². The van der Waals surface area contributed by atoms with E-state index in [9.17, 15) is 18.3 Å². The molecule has 3 N–H and O–H groups in total. The van der Waals surface area contributed by atoms with Gasteiger partial charge in [0.2, 0.25) is 0 Å². The van der Waals surface area contributed by atoms with E-state index in [0.717, 1.165) is 18.6 Å². The molecular weight excluding hydrogens is 255 g/mol. The lowest BCUT2D eigenvalue weighted by Crippen LogP contribution is -2.26. The summed E-state index contributed by atoms with van der Waals surface area (Å²) in [6.45, 7) is 4.03. The van der Waals surface area contributed by atoms with Crippen LogP contribution in [0.5, 0.6) is 0 Å². The average Bonchev–Trinajstić information content (AvgIpc) is 2.34. The van der Waals surface area contributed by atoms with E-state index < -0.39 is 23.9 Å². The van der Waals surface area contributed by atoms with Crippen LogP contribution >= 0.6 is 0 Å². The third kappa shape index (κ3) is 4.84. The molecule has 0 aliphatic heterocycles. The monoisotopic (exact) mass is 275 g/mol. The second kappa shape index (κ2) is 6.39. The largest absolute Gasteiger partial charge is 0.416 e. The molecule has 1 aromatic carbocycles. The summed E-state index contributed by atoms with van der Waals surface area (Å²) in [6.07, 6.45) is -3.95. The Kier molecular flexibility index (Phi) is 5.38. The summed E-state index contributed by atoms with van der Waals surface area (Å²) in [5.74, 6) is 0.420. The van der Waals surface area contributed by atoms with Gasteiger partial charge in [0.1, 0.15) is 0 Å². The van der Waals surface area contributed by atoms with Crippen LogP contribution < -0.4 is 5.73 Å². The highest BCUT2D eigenvalue weighted by Crippen LogP contribution is 2.31. The molecule has 0 unspecified atom stereocenters. The van der Waals surface area contributed by atoms with Gasteiger partial charge in [0.15, 0.2) is 0 Å². The second-order valence-corrected chi connectivity index (χ2v) is 5.19. The molecule has 0 amide bonds. The van der Waals surface area contributed by atoms with Crippen LogP contribution in [0, 0.1) is 5.92 Å². The molecule has 0 aliphatic carbocycles. The first-order chi connectivity index (χ1) is 8.71. The van der Waals surface area contributed by atoms with E-state index in [1.807, 2.05) is 13.8 Å². The predicted octanol–water partition coefficient (Wildman–Crippen LogP) is 3.50. The summed E-state index contributed by atoms with van der Waals surface area (Å²) >= 11 is 0. The number of aliphatic hydroxyl groups is 1. The van der Waals surface area contributed by atoms with Crippen LogP contribution in [-0.2, 0) is 6.18 Å². The minimum absolute atomic E-state index is 0.311. The fourth-order valence-electron chi connectivity index (χ4n) is 1.83. The van der Waals surface area contributed by atoms with Gasteiger partial charge in [0.05, 0.1) is 17.7 Å². The normalized spacial score (nSPS) is 15.6. The average molecular weight is 275 g/mol. The number of nitrogens with two attached hydrogens (primary N) is 1. The van der Waals surface area contributed by atoms with E-state index in [2.05, 4.69) is 0 Å². The molecule has 2 nitrogen and oxygen atoms in total. The molecule has 0 heterocycles. The molecule has 0 aliphatic rings. The maximum atomic E-state index is 12.6. The minimum Gasteiger partial charge on any atom is -0.391 e. The van der Waals surface area contributed by atoms with Crippen LogP contribution in [0.3, 0.4) is 0 Å². The van der Waals surface area contributed by atoms with Crippen molar-refractivity contribution in [1.82, 2.24) is 0 Å². The summed E-state index contributed by atoms with van der Waals surface area (Å²) in [4.78, 5) is 0. The van der Waals surface area contributed by atoms with Crippen LogP contribution in [0.2, 0.25) is 0 Å². The molecule has 1 aromatic rings. The summed E-state index contributed by atoms with van der Waals surface area (Å²) in [5, 5.41) is 9.91. The Morgan fingerprint density at radius 3 is 2.37 bits per heavy atom. The number of halogens is 3. The van der Waals surface area contributed by atoms with E-state index in [4.69, 9.17) is 5.73 Å². The van der Waals surface area contributed by atoms with Crippen molar-refractivity contribution < 1.29 is 18.3 Å². The van der Waals surface area contributed by atoms with Gasteiger partial charge in [-0.3, -0.25) is 0 Å². The number of hydrogen-bond donors (Lipinski definition) is 2. The van der Waals surface area contributed by atoms with Gasteiger partial charge in [-0.05, 0) is 36.5 Å². The zero-order valence-electron chi connectivity index (χ0n) is 11.1. The van der Waals surface area contributed by atoms with Crippen molar-refractivity contribution in [3.8, 4) is 0 Å². The van der Waals surface area contributed by atoms with Crippen LogP contribution in [0.15, 0.2) is 24.3 Å². The Balaban J connectivity index is 2.79. The highest BCUT2D eigenvalue weighted by atomic mass is 19.4. The van der Waals surface area contributed by atoms with E-state index >= 15 is 0 Å². The molecular formula is C14H20F3NO. The smallest absolute Gasteiger partial charge is 0.391 e. The van der Waals surface area contributed by atoms with Crippen LogP contribution in [0.4, 0.5) is 13.2 Å². The van der Waals surface area contributed by atoms with Gasteiger partial charge < -0.3 is 10.8 Å². The van der Waals surface area contributed by atoms with Gasteiger partial charge in [-0.25, -0.2) is 0 Å². The molecule has 0 radical (unpaired) electrons. The first kappa shape index (κ1) is 16.0. The van der Waals surface area contributed by atoms with Crippen molar-refractivity contribution in [2.45, 2.75) is 45.0 Å². The van der Waals surface area contributed by atoms with Gasteiger partial charge in [-0.15, -0.1) is 0 Å². The quantitative estimate of drug-likeness (QED) is 0.864. The lowest BCUT2D eigenvalue weighted by molar-refractivity contribution is -0.137. The number of rotatable bonds is 5. The Morgan fingerprint density at radius 2 is 1.84 bits per heavy atom. The lowest BCUT2D eigenvalue weighted by Gasteiger charge is -2.21. The van der Waals surface area contributed by atoms with Gasteiger partial charge >= 0.3 is 6.18 Å². The van der Waals surface area contributed by atoms with Crippen molar-refractivity contribution in [2.75, 3.05) is 0 Å². The maximum Gasteiger partial charge on any atom is 0.416 e. The molecule has 0 spiro atoms. The van der Waals surface area contributed by atoms with Crippen molar-refractivity contribution in [3.63, 3.8) is 0 Å². The molecule has 108 valence electrons. The van der Waals surface area contributed by atoms with Crippen LogP contribution in [0.25, 0.3) is 0 Å². The number of benzene rings is 1. The number of alkyl halides is 3. The Morgan fingerprint density at radius 1 is 1.21 bits per heavy atom. The van der Waals surface area contributed by atoms with Crippen LogP contribution in [0.1, 0.15) is 43.9 Å². The van der Waals surface area contributed by atoms with Crippen molar-refractivity contribution in [3.05, 3.63) is 35.4 Å². The highest BCUT2D eigenvalue weighted by Gasteiger charge is 2.31. The van der Waals surface area contributed by atoms with Gasteiger partial charge in [0, 0.05) is 0 Å². The first-order valence-electron chi connectivity index (χ1n) is 6.32. The van der Waals surface area contributed by atoms with E-state index in [1.165, 1.54) is 12.1 Å². The Labute approximate surface area is 111 Å². The molecule has 5 heteroatoms. The molecule has 0 saturated heterocycles. The van der Waals surface area contributed by atoms with Crippen LogP contribution in [-0.4, -0.2) is 11.2 Å². The summed E-state index contributed by atoms with van der Waals surface area (Å²) in [7, 11) is 0. The molecule has 0 bridgehead atoms. The fraction of sp³-hybridized carbons (Fsp3) is 0.571. The van der Waals surface area contributed by atoms with E-state index in [-0.39, 0.29) is 0 Å². The van der Waals surface area contributed by atoms with Crippen molar-refractivity contribution >= 4 is 0 Å². The van der Waals surface area contributed by atoms with Gasteiger partial charge in [-0.2, -0.15) is 13.2 Å². The van der Waals surface area contributed by atoms with E-state index in [0.29, 0.717) is 17.9 Å². The fourth-order valence-corrected chi connectivity index (χ4v) is 1.83. The summed E-state index contributed by atoms with van der Waals surface area (Å²) < 4.78 is 37.7. The van der Waals surface area contributed by atoms with Crippen molar-refractivity contribution in [1.29, 1.82) is 0 Å². The molecule has 0 fully saturated rings. The Bertz CT molecular complexity index is 404. The maximum absolute atomic E-state index is 12.6. The molecule has 1 rings (SSSR count). The third-order valence-corrected chi connectivity index (χ3v) is 3.05. The molecule has 19 heavy (non-hydrogen) atoms. The SMILES string of the molecule is CC(C)CC[C@H](O)[C@H](N)c1cccc(C(F)(F)F)c1.